The molecule has 4 aromatic heterocycles. The fourth-order valence-electron chi connectivity index (χ4n) is 5.01. The van der Waals surface area contributed by atoms with Gasteiger partial charge < -0.3 is 14.8 Å². The van der Waals surface area contributed by atoms with Crippen molar-refractivity contribution in [3.05, 3.63) is 83.7 Å². The maximum absolute atomic E-state index is 13.4. The number of anilines is 1. The zero-order valence-corrected chi connectivity index (χ0v) is 22.1. The SMILES string of the molecule is Cc1cccc(Cn2nc(C)c3c(NC(=O)c4cnc5cc(OCCN6CCOCC6)ccn45)cccc32)n1. The molecule has 1 fully saturated rings. The van der Waals surface area contributed by atoms with Crippen LogP contribution in [0.4, 0.5) is 5.69 Å². The van der Waals surface area contributed by atoms with E-state index in [4.69, 9.17) is 14.6 Å². The predicted molar refractivity (Wildman–Crippen MR) is 148 cm³/mol. The van der Waals surface area contributed by atoms with Gasteiger partial charge in [-0.3, -0.25) is 23.8 Å². The molecule has 0 radical (unpaired) electrons. The van der Waals surface area contributed by atoms with Crippen LogP contribution in [0.1, 0.15) is 27.6 Å². The number of fused-ring (bicyclic) bond motifs is 2. The number of aryl methyl sites for hydroxylation is 2. The van der Waals surface area contributed by atoms with E-state index in [1.165, 1.54) is 0 Å². The van der Waals surface area contributed by atoms with Crippen molar-refractivity contribution in [2.75, 3.05) is 44.8 Å². The number of pyridine rings is 2. The summed E-state index contributed by atoms with van der Waals surface area (Å²) in [6.45, 7) is 9.31. The minimum atomic E-state index is -0.247. The molecular weight excluding hydrogens is 494 g/mol. The van der Waals surface area contributed by atoms with Crippen molar-refractivity contribution in [3.63, 3.8) is 0 Å². The van der Waals surface area contributed by atoms with E-state index in [0.717, 1.165) is 66.6 Å². The fourth-order valence-corrected chi connectivity index (χ4v) is 5.01. The lowest BCUT2D eigenvalue weighted by Crippen LogP contribution is -2.38. The van der Waals surface area contributed by atoms with Crippen LogP contribution in [0.25, 0.3) is 16.6 Å². The van der Waals surface area contributed by atoms with Gasteiger partial charge in [0.05, 0.1) is 48.5 Å². The molecule has 1 aliphatic heterocycles. The van der Waals surface area contributed by atoms with Crippen molar-refractivity contribution in [1.82, 2.24) is 29.0 Å². The molecule has 10 heteroatoms. The third-order valence-corrected chi connectivity index (χ3v) is 6.96. The summed E-state index contributed by atoms with van der Waals surface area (Å²) in [5.41, 5.74) is 5.47. The predicted octanol–water partition coefficient (Wildman–Crippen LogP) is 3.71. The second-order valence-electron chi connectivity index (χ2n) is 9.70. The molecule has 1 aromatic carbocycles. The van der Waals surface area contributed by atoms with E-state index < -0.39 is 0 Å². The molecule has 0 atom stereocenters. The average Bonchev–Trinajstić information content (AvgIpc) is 3.50. The first kappa shape index (κ1) is 25.0. The Kier molecular flexibility index (Phi) is 6.95. The summed E-state index contributed by atoms with van der Waals surface area (Å²) < 4.78 is 15.0. The topological polar surface area (TPSA) is 98.8 Å². The Hall–Kier alpha value is -4.28. The summed E-state index contributed by atoms with van der Waals surface area (Å²) in [5.74, 6) is 0.479. The number of hydrogen-bond donors (Lipinski definition) is 1. The van der Waals surface area contributed by atoms with Crippen molar-refractivity contribution < 1.29 is 14.3 Å². The van der Waals surface area contributed by atoms with Gasteiger partial charge in [-0.1, -0.05) is 12.1 Å². The highest BCUT2D eigenvalue weighted by Gasteiger charge is 2.18. The number of benzene rings is 1. The average molecular weight is 526 g/mol. The summed E-state index contributed by atoms with van der Waals surface area (Å²) >= 11 is 0. The summed E-state index contributed by atoms with van der Waals surface area (Å²) in [4.78, 5) is 24.7. The van der Waals surface area contributed by atoms with E-state index in [1.807, 2.05) is 73.3 Å². The lowest BCUT2D eigenvalue weighted by atomic mass is 10.1. The van der Waals surface area contributed by atoms with Crippen LogP contribution in [0.5, 0.6) is 5.75 Å². The van der Waals surface area contributed by atoms with Gasteiger partial charge in [-0.25, -0.2) is 4.98 Å². The van der Waals surface area contributed by atoms with Gasteiger partial charge in [0, 0.05) is 43.0 Å². The zero-order valence-electron chi connectivity index (χ0n) is 22.1. The molecule has 10 nitrogen and oxygen atoms in total. The molecule has 1 saturated heterocycles. The van der Waals surface area contributed by atoms with Crippen LogP contribution in [-0.2, 0) is 11.3 Å². The third-order valence-electron chi connectivity index (χ3n) is 6.96. The number of imidazole rings is 1. The Morgan fingerprint density at radius 3 is 2.79 bits per heavy atom. The van der Waals surface area contributed by atoms with Crippen molar-refractivity contribution in [2.24, 2.45) is 0 Å². The van der Waals surface area contributed by atoms with Gasteiger partial charge in [-0.05, 0) is 44.2 Å². The molecule has 5 heterocycles. The smallest absolute Gasteiger partial charge is 0.274 e. The largest absolute Gasteiger partial charge is 0.492 e. The van der Waals surface area contributed by atoms with E-state index >= 15 is 0 Å². The lowest BCUT2D eigenvalue weighted by molar-refractivity contribution is 0.0322. The van der Waals surface area contributed by atoms with Crippen LogP contribution in [0.3, 0.4) is 0 Å². The Bertz CT molecular complexity index is 1640. The van der Waals surface area contributed by atoms with Crippen molar-refractivity contribution in [1.29, 1.82) is 0 Å². The Balaban J connectivity index is 1.18. The number of hydrogen-bond acceptors (Lipinski definition) is 7. The summed E-state index contributed by atoms with van der Waals surface area (Å²) in [6.07, 6.45) is 3.40. The minimum absolute atomic E-state index is 0.247. The fraction of sp³-hybridized carbons (Fsp3) is 0.310. The molecule has 5 aromatic rings. The van der Waals surface area contributed by atoms with E-state index in [1.54, 1.807) is 10.6 Å². The first-order valence-electron chi connectivity index (χ1n) is 13.2. The first-order valence-corrected chi connectivity index (χ1v) is 13.2. The van der Waals surface area contributed by atoms with Gasteiger partial charge in [0.1, 0.15) is 23.7 Å². The van der Waals surface area contributed by atoms with Crippen LogP contribution in [0.2, 0.25) is 0 Å². The second kappa shape index (κ2) is 10.8. The molecule has 1 aliphatic rings. The quantitative estimate of drug-likeness (QED) is 0.330. The van der Waals surface area contributed by atoms with E-state index in [2.05, 4.69) is 20.2 Å². The summed E-state index contributed by atoms with van der Waals surface area (Å²) in [7, 11) is 0. The second-order valence-corrected chi connectivity index (χ2v) is 9.70. The van der Waals surface area contributed by atoms with Gasteiger partial charge in [-0.2, -0.15) is 5.10 Å². The highest BCUT2D eigenvalue weighted by Crippen LogP contribution is 2.28. The van der Waals surface area contributed by atoms with Crippen molar-refractivity contribution >= 4 is 28.1 Å². The summed E-state index contributed by atoms with van der Waals surface area (Å²) in [6, 6.07) is 15.5. The molecule has 0 bridgehead atoms. The molecular formula is C29H31N7O3. The van der Waals surface area contributed by atoms with E-state index in [0.29, 0.717) is 30.2 Å². The Morgan fingerprint density at radius 1 is 1.10 bits per heavy atom. The number of rotatable bonds is 8. The van der Waals surface area contributed by atoms with Crippen LogP contribution in [-0.4, -0.2) is 74.4 Å². The highest BCUT2D eigenvalue weighted by molar-refractivity contribution is 6.08. The Morgan fingerprint density at radius 2 is 1.95 bits per heavy atom. The van der Waals surface area contributed by atoms with Gasteiger partial charge in [0.2, 0.25) is 0 Å². The minimum Gasteiger partial charge on any atom is -0.492 e. The molecule has 39 heavy (non-hydrogen) atoms. The van der Waals surface area contributed by atoms with Crippen LogP contribution in [0.15, 0.2) is 60.9 Å². The molecule has 1 N–H and O–H groups in total. The van der Waals surface area contributed by atoms with Gasteiger partial charge in [0.25, 0.3) is 5.91 Å². The van der Waals surface area contributed by atoms with E-state index in [-0.39, 0.29) is 5.91 Å². The van der Waals surface area contributed by atoms with Crippen LogP contribution >= 0.6 is 0 Å². The molecule has 200 valence electrons. The molecule has 1 amide bonds. The standard InChI is InChI=1S/C29H31N7O3/c1-20-5-3-6-22(31-20)19-36-25-8-4-7-24(28(25)21(2)33-36)32-29(37)26-18-30-27-17-23(9-10-35(26)27)39-16-13-34-11-14-38-15-12-34/h3-10,17-18H,11-16,19H2,1-2H3,(H,32,37). The number of aromatic nitrogens is 5. The monoisotopic (exact) mass is 525 g/mol. The van der Waals surface area contributed by atoms with Gasteiger partial charge >= 0.3 is 0 Å². The van der Waals surface area contributed by atoms with Crippen LogP contribution < -0.4 is 10.1 Å². The summed E-state index contributed by atoms with van der Waals surface area (Å²) in [5, 5.41) is 8.73. The van der Waals surface area contributed by atoms with E-state index in [9.17, 15) is 4.79 Å². The third kappa shape index (κ3) is 5.34. The number of carbonyl (C=O) groups excluding carboxylic acids is 1. The van der Waals surface area contributed by atoms with Crippen molar-refractivity contribution in [2.45, 2.75) is 20.4 Å². The highest BCUT2D eigenvalue weighted by atomic mass is 16.5. The maximum atomic E-state index is 13.4. The number of ether oxygens (including phenoxy) is 2. The Labute approximate surface area is 226 Å². The molecule has 0 aliphatic carbocycles. The maximum Gasteiger partial charge on any atom is 0.274 e. The number of nitrogens with one attached hydrogen (secondary N) is 1. The zero-order chi connectivity index (χ0) is 26.8. The number of nitrogens with zero attached hydrogens (tertiary/aromatic N) is 6. The van der Waals surface area contributed by atoms with Gasteiger partial charge in [-0.15, -0.1) is 0 Å². The molecule has 0 unspecified atom stereocenters. The normalized spacial score (nSPS) is 14.2. The number of amides is 1. The molecule has 0 spiro atoms. The van der Waals surface area contributed by atoms with Crippen molar-refractivity contribution in [3.8, 4) is 5.75 Å². The molecule has 6 rings (SSSR count). The number of carbonyl (C=O) groups is 1. The molecule has 0 saturated carbocycles. The van der Waals surface area contributed by atoms with Gasteiger partial charge in [0.15, 0.2) is 0 Å². The van der Waals surface area contributed by atoms with Crippen LogP contribution in [0, 0.1) is 13.8 Å². The first-order chi connectivity index (χ1) is 19.0. The number of morpholine rings is 1. The lowest BCUT2D eigenvalue weighted by Gasteiger charge is -2.26.